The second kappa shape index (κ2) is 3.21. The Morgan fingerprint density at radius 1 is 1.70 bits per heavy atom. The van der Waals surface area contributed by atoms with Crippen molar-refractivity contribution in [2.45, 2.75) is 5.33 Å². The van der Waals surface area contributed by atoms with E-state index in [4.69, 9.17) is 11.6 Å². The lowest BCUT2D eigenvalue weighted by Crippen LogP contribution is -2.02. The van der Waals surface area contributed by atoms with Crippen molar-refractivity contribution in [3.63, 3.8) is 0 Å². The van der Waals surface area contributed by atoms with Gasteiger partial charge in [0.15, 0.2) is 5.43 Å². The molecule has 0 saturated carbocycles. The van der Waals surface area contributed by atoms with Crippen molar-refractivity contribution >= 4 is 27.5 Å². The molecule has 0 aliphatic carbocycles. The first kappa shape index (κ1) is 7.82. The summed E-state index contributed by atoms with van der Waals surface area (Å²) in [6, 6.07) is 1.47. The molecule has 0 radical (unpaired) electrons. The number of aromatic nitrogens is 1. The Morgan fingerprint density at radius 3 is 2.90 bits per heavy atom. The van der Waals surface area contributed by atoms with Crippen LogP contribution in [0, 0.1) is 0 Å². The highest BCUT2D eigenvalue weighted by Crippen LogP contribution is 2.02. The van der Waals surface area contributed by atoms with Crippen molar-refractivity contribution in [1.82, 2.24) is 4.98 Å². The van der Waals surface area contributed by atoms with Gasteiger partial charge in [0.1, 0.15) is 5.02 Å². The summed E-state index contributed by atoms with van der Waals surface area (Å²) in [6.07, 6.45) is 1.49. The maximum absolute atomic E-state index is 10.8. The third-order valence-corrected chi connectivity index (χ3v) is 1.97. The summed E-state index contributed by atoms with van der Waals surface area (Å²) < 4.78 is 0. The topological polar surface area (TPSA) is 32.9 Å². The third-order valence-electron chi connectivity index (χ3n) is 1.07. The van der Waals surface area contributed by atoms with Gasteiger partial charge in [-0.15, -0.1) is 0 Å². The fourth-order valence-electron chi connectivity index (χ4n) is 0.573. The number of nitrogens with one attached hydrogen (secondary N) is 1. The average Bonchev–Trinajstić information content (AvgIpc) is 1.95. The van der Waals surface area contributed by atoms with Crippen molar-refractivity contribution in [3.8, 4) is 0 Å². The Bertz CT molecular complexity index is 283. The highest BCUT2D eigenvalue weighted by molar-refractivity contribution is 9.08. The van der Waals surface area contributed by atoms with E-state index in [0.717, 1.165) is 5.69 Å². The fourth-order valence-corrected chi connectivity index (χ4v) is 1.01. The van der Waals surface area contributed by atoms with E-state index >= 15 is 0 Å². The Hall–Kier alpha value is -0.280. The molecule has 0 unspecified atom stereocenters. The predicted octanol–water partition coefficient (Wildman–Crippen LogP) is 1.92. The van der Waals surface area contributed by atoms with Crippen molar-refractivity contribution in [2.75, 3.05) is 0 Å². The largest absolute Gasteiger partial charge is 0.363 e. The molecule has 0 saturated heterocycles. The minimum atomic E-state index is -0.144. The van der Waals surface area contributed by atoms with Crippen LogP contribution in [0.15, 0.2) is 17.1 Å². The number of rotatable bonds is 1. The number of hydrogen-bond acceptors (Lipinski definition) is 1. The van der Waals surface area contributed by atoms with Gasteiger partial charge in [-0.25, -0.2) is 0 Å². The van der Waals surface area contributed by atoms with E-state index in [9.17, 15) is 4.79 Å². The Balaban J connectivity index is 3.17. The average molecular weight is 222 g/mol. The van der Waals surface area contributed by atoms with Gasteiger partial charge in [-0.2, -0.15) is 0 Å². The van der Waals surface area contributed by atoms with Crippen molar-refractivity contribution in [1.29, 1.82) is 0 Å². The predicted molar refractivity (Wildman–Crippen MR) is 44.7 cm³/mol. The van der Waals surface area contributed by atoms with E-state index in [2.05, 4.69) is 20.9 Å². The van der Waals surface area contributed by atoms with Gasteiger partial charge in [0.2, 0.25) is 0 Å². The molecule has 1 aromatic rings. The van der Waals surface area contributed by atoms with Gasteiger partial charge < -0.3 is 4.98 Å². The zero-order chi connectivity index (χ0) is 7.56. The molecule has 0 aliphatic rings. The molecule has 1 aromatic heterocycles. The standard InChI is InChI=1S/C6H5BrClNO/c7-2-4-1-6(10)5(8)3-9-4/h1,3H,2H2,(H,9,10). The van der Waals surface area contributed by atoms with E-state index < -0.39 is 0 Å². The van der Waals surface area contributed by atoms with Gasteiger partial charge in [-0.3, -0.25) is 4.79 Å². The van der Waals surface area contributed by atoms with Crippen molar-refractivity contribution < 1.29 is 0 Å². The molecular weight excluding hydrogens is 217 g/mol. The summed E-state index contributed by atoms with van der Waals surface area (Å²) >= 11 is 8.68. The van der Waals surface area contributed by atoms with Crippen LogP contribution in [0.3, 0.4) is 0 Å². The van der Waals surface area contributed by atoms with Gasteiger partial charge in [0.25, 0.3) is 0 Å². The van der Waals surface area contributed by atoms with Crippen LogP contribution < -0.4 is 5.43 Å². The summed E-state index contributed by atoms with van der Waals surface area (Å²) in [5.41, 5.74) is 0.685. The molecule has 1 heterocycles. The molecule has 0 spiro atoms. The van der Waals surface area contributed by atoms with E-state index in [1.807, 2.05) is 0 Å². The lowest BCUT2D eigenvalue weighted by molar-refractivity contribution is 1.17. The van der Waals surface area contributed by atoms with Gasteiger partial charge in [-0.05, 0) is 0 Å². The smallest absolute Gasteiger partial charge is 0.200 e. The molecule has 2 nitrogen and oxygen atoms in total. The van der Waals surface area contributed by atoms with Crippen LogP contribution in [0.1, 0.15) is 5.69 Å². The summed E-state index contributed by atoms with van der Waals surface area (Å²) in [5, 5.41) is 0.865. The molecule has 0 atom stereocenters. The van der Waals surface area contributed by atoms with E-state index in [1.165, 1.54) is 12.3 Å². The molecule has 0 aliphatic heterocycles. The summed E-state index contributed by atoms with van der Waals surface area (Å²) in [5.74, 6) is 0. The SMILES string of the molecule is O=c1cc(CBr)[nH]cc1Cl. The number of H-pyrrole nitrogens is 1. The van der Waals surface area contributed by atoms with Crippen LogP contribution in [0.4, 0.5) is 0 Å². The molecule has 0 bridgehead atoms. The molecule has 54 valence electrons. The Morgan fingerprint density at radius 2 is 2.40 bits per heavy atom. The molecule has 4 heteroatoms. The third kappa shape index (κ3) is 1.61. The molecule has 1 N–H and O–H groups in total. The number of pyridine rings is 1. The Kier molecular flexibility index (Phi) is 2.51. The van der Waals surface area contributed by atoms with Crippen LogP contribution in [-0.2, 0) is 5.33 Å². The van der Waals surface area contributed by atoms with Crippen LogP contribution in [0.25, 0.3) is 0 Å². The number of hydrogen-bond donors (Lipinski definition) is 1. The van der Waals surface area contributed by atoms with Crippen LogP contribution in [0.5, 0.6) is 0 Å². The maximum atomic E-state index is 10.8. The zero-order valence-corrected chi connectivity index (χ0v) is 7.37. The van der Waals surface area contributed by atoms with E-state index in [-0.39, 0.29) is 10.5 Å². The second-order valence-electron chi connectivity index (χ2n) is 1.80. The minimum absolute atomic E-state index is 0.144. The number of alkyl halides is 1. The highest BCUT2D eigenvalue weighted by atomic mass is 79.9. The van der Waals surface area contributed by atoms with Crippen LogP contribution in [-0.4, -0.2) is 4.98 Å². The molecule has 1 rings (SSSR count). The van der Waals surface area contributed by atoms with Crippen LogP contribution >= 0.6 is 27.5 Å². The molecular formula is C6H5BrClNO. The lowest BCUT2D eigenvalue weighted by Gasteiger charge is -1.93. The first-order chi connectivity index (χ1) is 4.74. The maximum Gasteiger partial charge on any atom is 0.200 e. The van der Waals surface area contributed by atoms with E-state index in [1.54, 1.807) is 0 Å². The zero-order valence-electron chi connectivity index (χ0n) is 5.03. The minimum Gasteiger partial charge on any atom is -0.363 e. The van der Waals surface area contributed by atoms with Gasteiger partial charge in [0, 0.05) is 23.3 Å². The normalized spacial score (nSPS) is 9.80. The monoisotopic (exact) mass is 221 g/mol. The van der Waals surface area contributed by atoms with Gasteiger partial charge in [-0.1, -0.05) is 27.5 Å². The van der Waals surface area contributed by atoms with Gasteiger partial charge >= 0.3 is 0 Å². The summed E-state index contributed by atoms with van der Waals surface area (Å²) in [4.78, 5) is 13.7. The van der Waals surface area contributed by atoms with E-state index in [0.29, 0.717) is 5.33 Å². The first-order valence-electron chi connectivity index (χ1n) is 2.67. The quantitative estimate of drug-likeness (QED) is 0.724. The molecule has 0 amide bonds. The lowest BCUT2D eigenvalue weighted by atomic mass is 10.4. The number of halogens is 2. The Labute approximate surface area is 71.3 Å². The fraction of sp³-hybridized carbons (Fsp3) is 0.167. The summed E-state index contributed by atoms with van der Waals surface area (Å²) in [6.45, 7) is 0. The van der Waals surface area contributed by atoms with Crippen molar-refractivity contribution in [2.24, 2.45) is 0 Å². The molecule has 0 aromatic carbocycles. The molecule has 0 fully saturated rings. The first-order valence-corrected chi connectivity index (χ1v) is 4.17. The molecule has 10 heavy (non-hydrogen) atoms. The van der Waals surface area contributed by atoms with Crippen LogP contribution in [0.2, 0.25) is 5.02 Å². The number of aromatic amines is 1. The summed E-state index contributed by atoms with van der Waals surface area (Å²) in [7, 11) is 0. The van der Waals surface area contributed by atoms with Crippen molar-refractivity contribution in [3.05, 3.63) is 33.2 Å². The van der Waals surface area contributed by atoms with Gasteiger partial charge in [0.05, 0.1) is 0 Å². The highest BCUT2D eigenvalue weighted by Gasteiger charge is 1.95. The second-order valence-corrected chi connectivity index (χ2v) is 2.77.